The van der Waals surface area contributed by atoms with E-state index < -0.39 is 0 Å². The lowest BCUT2D eigenvalue weighted by atomic mass is 10.1. The normalized spacial score (nSPS) is 10.8. The Labute approximate surface area is 118 Å². The van der Waals surface area contributed by atoms with Gasteiger partial charge in [-0.05, 0) is 23.6 Å². The predicted octanol–water partition coefficient (Wildman–Crippen LogP) is 4.06. The Morgan fingerprint density at radius 2 is 1.70 bits per heavy atom. The monoisotopic (exact) mass is 263 g/mol. The van der Waals surface area contributed by atoms with Crippen LogP contribution < -0.4 is 0 Å². The molecule has 0 atom stereocenters. The van der Waals surface area contributed by atoms with E-state index in [1.54, 1.807) is 0 Å². The lowest BCUT2D eigenvalue weighted by Gasteiger charge is -2.06. The molecule has 0 aliphatic heterocycles. The fourth-order valence-electron chi connectivity index (χ4n) is 2.58. The fourth-order valence-corrected chi connectivity index (χ4v) is 2.58. The van der Waals surface area contributed by atoms with Crippen LogP contribution in [-0.2, 0) is 13.0 Å². The first-order valence-corrected chi connectivity index (χ1v) is 6.92. The van der Waals surface area contributed by atoms with Gasteiger partial charge in [0.2, 0.25) is 0 Å². The molecule has 0 amide bonds. The van der Waals surface area contributed by atoms with Crippen LogP contribution >= 0.6 is 0 Å². The Hall–Kier alpha value is -2.35. The van der Waals surface area contributed by atoms with Gasteiger partial charge in [-0.2, -0.15) is 0 Å². The van der Waals surface area contributed by atoms with Crippen molar-refractivity contribution < 1.29 is 4.79 Å². The molecule has 0 saturated heterocycles. The predicted molar refractivity (Wildman–Crippen MR) is 82.2 cm³/mol. The Bertz CT molecular complexity index is 738. The summed E-state index contributed by atoms with van der Waals surface area (Å²) in [7, 11) is 0. The van der Waals surface area contributed by atoms with Crippen molar-refractivity contribution >= 4 is 17.2 Å². The third-order valence-electron chi connectivity index (χ3n) is 3.73. The van der Waals surface area contributed by atoms with Crippen LogP contribution in [0.1, 0.15) is 28.4 Å². The molecule has 20 heavy (non-hydrogen) atoms. The molecule has 2 heteroatoms. The third-order valence-corrected chi connectivity index (χ3v) is 3.73. The van der Waals surface area contributed by atoms with Crippen molar-refractivity contribution in [2.24, 2.45) is 0 Å². The van der Waals surface area contributed by atoms with E-state index >= 15 is 0 Å². The van der Waals surface area contributed by atoms with E-state index in [4.69, 9.17) is 0 Å². The Kier molecular flexibility index (Phi) is 3.38. The van der Waals surface area contributed by atoms with E-state index in [1.807, 2.05) is 24.4 Å². The number of hydrogen-bond acceptors (Lipinski definition) is 1. The molecule has 0 aliphatic rings. The third kappa shape index (κ3) is 2.25. The molecule has 1 aromatic heterocycles. The van der Waals surface area contributed by atoms with Crippen molar-refractivity contribution in [3.05, 3.63) is 71.4 Å². The lowest BCUT2D eigenvalue weighted by molar-refractivity contribution is 0.112. The number of aryl methyl sites for hydroxylation is 1. The summed E-state index contributed by atoms with van der Waals surface area (Å²) in [5.41, 5.74) is 4.46. The summed E-state index contributed by atoms with van der Waals surface area (Å²) in [5, 5.41) is 1.02. The number of benzene rings is 2. The first kappa shape index (κ1) is 12.7. The minimum atomic E-state index is 0.755. The summed E-state index contributed by atoms with van der Waals surface area (Å²) in [4.78, 5) is 11.2. The van der Waals surface area contributed by atoms with E-state index in [0.29, 0.717) is 0 Å². The molecule has 0 radical (unpaired) electrons. The summed E-state index contributed by atoms with van der Waals surface area (Å²) in [5.74, 6) is 0. The molecule has 2 aromatic carbocycles. The largest absolute Gasteiger partial charge is 0.342 e. The number of aldehydes is 1. The Balaban J connectivity index is 1.99. The van der Waals surface area contributed by atoms with Gasteiger partial charge in [0.1, 0.15) is 0 Å². The average molecular weight is 263 g/mol. The maximum atomic E-state index is 11.2. The van der Waals surface area contributed by atoms with Crippen LogP contribution in [0.2, 0.25) is 0 Å². The number of carbonyl (C=O) groups is 1. The van der Waals surface area contributed by atoms with Crippen molar-refractivity contribution in [1.29, 1.82) is 0 Å². The van der Waals surface area contributed by atoms with E-state index in [2.05, 4.69) is 41.8 Å². The van der Waals surface area contributed by atoms with Crippen molar-refractivity contribution in [3.63, 3.8) is 0 Å². The Morgan fingerprint density at radius 3 is 2.40 bits per heavy atom. The highest BCUT2D eigenvalue weighted by molar-refractivity contribution is 5.97. The summed E-state index contributed by atoms with van der Waals surface area (Å²) in [6.07, 6.45) is 3.92. The highest BCUT2D eigenvalue weighted by atomic mass is 16.1. The highest BCUT2D eigenvalue weighted by Gasteiger charge is 2.07. The summed E-state index contributed by atoms with van der Waals surface area (Å²) >= 11 is 0. The zero-order valence-corrected chi connectivity index (χ0v) is 11.5. The number of rotatable bonds is 4. The minimum Gasteiger partial charge on any atom is -0.342 e. The molecule has 2 nitrogen and oxygen atoms in total. The molecule has 3 aromatic rings. The number of carbonyl (C=O) groups excluding carboxylic acids is 1. The van der Waals surface area contributed by atoms with Crippen LogP contribution in [0, 0.1) is 0 Å². The molecule has 0 unspecified atom stereocenters. The maximum absolute atomic E-state index is 11.2. The molecule has 0 bridgehead atoms. The van der Waals surface area contributed by atoms with Gasteiger partial charge in [0.15, 0.2) is 6.29 Å². The number of aromatic nitrogens is 1. The Morgan fingerprint density at radius 1 is 1.00 bits per heavy atom. The number of fused-ring (bicyclic) bond motifs is 1. The molecule has 0 fully saturated rings. The van der Waals surface area contributed by atoms with Gasteiger partial charge in [-0.25, -0.2) is 0 Å². The van der Waals surface area contributed by atoms with Crippen molar-refractivity contribution in [3.8, 4) is 0 Å². The van der Waals surface area contributed by atoms with E-state index in [-0.39, 0.29) is 0 Å². The number of para-hydroxylation sites is 1. The van der Waals surface area contributed by atoms with Crippen LogP contribution in [0.25, 0.3) is 10.9 Å². The van der Waals surface area contributed by atoms with Crippen molar-refractivity contribution in [1.82, 2.24) is 4.57 Å². The first-order valence-electron chi connectivity index (χ1n) is 6.92. The highest BCUT2D eigenvalue weighted by Crippen LogP contribution is 2.21. The molecular weight excluding hydrogens is 246 g/mol. The second kappa shape index (κ2) is 5.33. The van der Waals surface area contributed by atoms with Gasteiger partial charge in [0.05, 0.1) is 0 Å². The molecule has 100 valence electrons. The van der Waals surface area contributed by atoms with Gasteiger partial charge in [-0.15, -0.1) is 0 Å². The van der Waals surface area contributed by atoms with E-state index in [0.717, 1.165) is 35.7 Å². The number of hydrogen-bond donors (Lipinski definition) is 0. The molecular formula is C18H17NO. The molecule has 0 saturated carbocycles. The topological polar surface area (TPSA) is 22.0 Å². The van der Waals surface area contributed by atoms with Crippen LogP contribution in [-0.4, -0.2) is 10.9 Å². The first-order chi connectivity index (χ1) is 9.81. The van der Waals surface area contributed by atoms with Gasteiger partial charge in [0.25, 0.3) is 0 Å². The molecule has 0 N–H and O–H groups in total. The standard InChI is InChI=1S/C18H17NO/c1-2-14-7-9-15(10-8-14)11-19-12-16(13-20)17-5-3-4-6-18(17)19/h3-10,12-13H,2,11H2,1H3. The van der Waals surface area contributed by atoms with Gasteiger partial charge < -0.3 is 4.57 Å². The maximum Gasteiger partial charge on any atom is 0.152 e. The average Bonchev–Trinajstić information content (AvgIpc) is 2.86. The fraction of sp³-hybridized carbons (Fsp3) is 0.167. The van der Waals surface area contributed by atoms with Crippen LogP contribution in [0.4, 0.5) is 0 Å². The van der Waals surface area contributed by atoms with Gasteiger partial charge >= 0.3 is 0 Å². The molecule has 0 spiro atoms. The summed E-state index contributed by atoms with van der Waals surface area (Å²) in [6, 6.07) is 16.7. The molecule has 0 aliphatic carbocycles. The van der Waals surface area contributed by atoms with Crippen molar-refractivity contribution in [2.45, 2.75) is 19.9 Å². The van der Waals surface area contributed by atoms with E-state index in [1.165, 1.54) is 11.1 Å². The van der Waals surface area contributed by atoms with Gasteiger partial charge in [0, 0.05) is 29.2 Å². The second-order valence-corrected chi connectivity index (χ2v) is 5.02. The van der Waals surface area contributed by atoms with Crippen LogP contribution in [0.5, 0.6) is 0 Å². The van der Waals surface area contributed by atoms with Crippen LogP contribution in [0.3, 0.4) is 0 Å². The van der Waals surface area contributed by atoms with Gasteiger partial charge in [-0.1, -0.05) is 49.4 Å². The van der Waals surface area contributed by atoms with Gasteiger partial charge in [-0.3, -0.25) is 4.79 Å². The quantitative estimate of drug-likeness (QED) is 0.650. The summed E-state index contributed by atoms with van der Waals surface area (Å²) in [6.45, 7) is 2.95. The smallest absolute Gasteiger partial charge is 0.152 e. The SMILES string of the molecule is CCc1ccc(Cn2cc(C=O)c3ccccc32)cc1. The zero-order valence-electron chi connectivity index (χ0n) is 11.5. The van der Waals surface area contributed by atoms with E-state index in [9.17, 15) is 4.79 Å². The molecule has 1 heterocycles. The molecule has 3 rings (SSSR count). The van der Waals surface area contributed by atoms with Crippen molar-refractivity contribution in [2.75, 3.05) is 0 Å². The minimum absolute atomic E-state index is 0.755. The summed E-state index contributed by atoms with van der Waals surface area (Å²) < 4.78 is 2.14. The van der Waals surface area contributed by atoms with Crippen LogP contribution in [0.15, 0.2) is 54.7 Å². The number of nitrogens with zero attached hydrogens (tertiary/aromatic N) is 1. The zero-order chi connectivity index (χ0) is 13.9. The second-order valence-electron chi connectivity index (χ2n) is 5.02. The lowest BCUT2D eigenvalue weighted by Crippen LogP contribution is -1.98.